The maximum absolute atomic E-state index is 6.31. The molecule has 2 rings (SSSR count). The third-order valence-electron chi connectivity index (χ3n) is 5.68. The molecule has 0 aromatic heterocycles. The van der Waals surface area contributed by atoms with Gasteiger partial charge in [0.25, 0.3) is 0 Å². The first-order valence-electron chi connectivity index (χ1n) is 8.82. The normalized spacial score (nSPS) is 35.4. The second-order valence-corrected chi connectivity index (χ2v) is 8.71. The molecule has 0 aromatic rings. The number of hydrogen-bond acceptors (Lipinski definition) is 2. The minimum absolute atomic E-state index is 0.315. The Kier molecular flexibility index (Phi) is 5.18. The predicted octanol–water partition coefficient (Wildman–Crippen LogP) is 4.04. The van der Waals surface area contributed by atoms with Crippen molar-refractivity contribution < 1.29 is 0 Å². The molecular weight excluding hydrogens is 244 g/mol. The predicted molar refractivity (Wildman–Crippen MR) is 87.8 cm³/mol. The maximum Gasteiger partial charge on any atom is 0.0334 e. The van der Waals surface area contributed by atoms with Gasteiger partial charge in [-0.15, -0.1) is 0 Å². The van der Waals surface area contributed by atoms with Crippen molar-refractivity contribution in [2.45, 2.75) is 78.2 Å². The highest BCUT2D eigenvalue weighted by atomic mass is 15.2. The van der Waals surface area contributed by atoms with Crippen LogP contribution in [0.1, 0.15) is 72.6 Å². The van der Waals surface area contributed by atoms with E-state index >= 15 is 0 Å². The molecule has 0 spiro atoms. The molecule has 1 aliphatic carbocycles. The van der Waals surface area contributed by atoms with Crippen LogP contribution in [0.15, 0.2) is 0 Å². The van der Waals surface area contributed by atoms with Gasteiger partial charge in [0.15, 0.2) is 0 Å². The first-order valence-corrected chi connectivity index (χ1v) is 8.82. The van der Waals surface area contributed by atoms with Gasteiger partial charge >= 0.3 is 0 Å². The lowest BCUT2D eigenvalue weighted by molar-refractivity contribution is -0.0185. The Hall–Kier alpha value is -0.0800. The molecular formula is C18H36N2. The molecule has 1 saturated carbocycles. The highest BCUT2D eigenvalue weighted by molar-refractivity contribution is 4.99. The van der Waals surface area contributed by atoms with Crippen LogP contribution in [0.5, 0.6) is 0 Å². The van der Waals surface area contributed by atoms with Gasteiger partial charge < -0.3 is 5.73 Å². The SMILES string of the molecule is CC(C)CC1CCCC(CN)(N2CCCC(C)(C)C2)C1. The molecule has 0 bridgehead atoms. The molecule has 2 heteroatoms. The Morgan fingerprint density at radius 1 is 1.20 bits per heavy atom. The number of piperidine rings is 1. The van der Waals surface area contributed by atoms with E-state index in [0.29, 0.717) is 11.0 Å². The average molecular weight is 280 g/mol. The zero-order valence-corrected chi connectivity index (χ0v) is 14.3. The van der Waals surface area contributed by atoms with Gasteiger partial charge in [0.2, 0.25) is 0 Å². The lowest BCUT2D eigenvalue weighted by atomic mass is 9.70. The molecule has 2 aliphatic rings. The fraction of sp³-hybridized carbons (Fsp3) is 1.00. The molecule has 0 radical (unpaired) electrons. The Labute approximate surface area is 126 Å². The van der Waals surface area contributed by atoms with E-state index in [2.05, 4.69) is 32.6 Å². The number of nitrogens with two attached hydrogens (primary N) is 1. The summed E-state index contributed by atoms with van der Waals surface area (Å²) in [6, 6.07) is 0. The third kappa shape index (κ3) is 3.76. The minimum atomic E-state index is 0.315. The molecule has 0 aromatic carbocycles. The molecule has 0 amide bonds. The van der Waals surface area contributed by atoms with E-state index in [1.165, 1.54) is 58.0 Å². The van der Waals surface area contributed by atoms with Crippen molar-refractivity contribution in [2.75, 3.05) is 19.6 Å². The quantitative estimate of drug-likeness (QED) is 0.842. The van der Waals surface area contributed by atoms with Gasteiger partial charge in [0, 0.05) is 18.6 Å². The standard InChI is InChI=1S/C18H36N2/c1-15(2)11-16-7-5-9-18(12-16,13-19)20-10-6-8-17(3,4)14-20/h15-16H,5-14,19H2,1-4H3. The van der Waals surface area contributed by atoms with E-state index in [1.807, 2.05) is 0 Å². The van der Waals surface area contributed by atoms with E-state index in [1.54, 1.807) is 0 Å². The topological polar surface area (TPSA) is 29.3 Å². The summed E-state index contributed by atoms with van der Waals surface area (Å²) in [6.07, 6.45) is 9.59. The number of hydrogen-bond donors (Lipinski definition) is 1. The summed E-state index contributed by atoms with van der Waals surface area (Å²) >= 11 is 0. The van der Waals surface area contributed by atoms with E-state index in [0.717, 1.165) is 18.4 Å². The zero-order chi connectivity index (χ0) is 14.8. The van der Waals surface area contributed by atoms with Crippen LogP contribution in [0.2, 0.25) is 0 Å². The van der Waals surface area contributed by atoms with Gasteiger partial charge in [-0.3, -0.25) is 4.90 Å². The van der Waals surface area contributed by atoms with E-state index in [9.17, 15) is 0 Å². The highest BCUT2D eigenvalue weighted by Crippen LogP contribution is 2.42. The number of rotatable bonds is 4. The van der Waals surface area contributed by atoms with E-state index in [4.69, 9.17) is 5.73 Å². The van der Waals surface area contributed by atoms with Crippen LogP contribution in [0.4, 0.5) is 0 Å². The molecule has 118 valence electrons. The van der Waals surface area contributed by atoms with E-state index in [-0.39, 0.29) is 0 Å². The molecule has 2 nitrogen and oxygen atoms in total. The van der Waals surface area contributed by atoms with Crippen molar-refractivity contribution in [1.29, 1.82) is 0 Å². The van der Waals surface area contributed by atoms with Crippen molar-refractivity contribution in [2.24, 2.45) is 23.0 Å². The summed E-state index contributed by atoms with van der Waals surface area (Å²) in [5.41, 5.74) is 7.10. The third-order valence-corrected chi connectivity index (χ3v) is 5.68. The van der Waals surface area contributed by atoms with Crippen molar-refractivity contribution in [1.82, 2.24) is 4.90 Å². The van der Waals surface area contributed by atoms with Crippen LogP contribution in [0.3, 0.4) is 0 Å². The van der Waals surface area contributed by atoms with E-state index < -0.39 is 0 Å². The molecule has 1 aliphatic heterocycles. The molecule has 2 atom stereocenters. The van der Waals surface area contributed by atoms with Crippen molar-refractivity contribution in [3.8, 4) is 0 Å². The first kappa shape index (κ1) is 16.3. The van der Waals surface area contributed by atoms with Gasteiger partial charge in [-0.2, -0.15) is 0 Å². The summed E-state index contributed by atoms with van der Waals surface area (Å²) < 4.78 is 0. The van der Waals surface area contributed by atoms with Gasteiger partial charge in [-0.1, -0.05) is 40.5 Å². The summed E-state index contributed by atoms with van der Waals surface area (Å²) in [7, 11) is 0. The smallest absolute Gasteiger partial charge is 0.0334 e. The Morgan fingerprint density at radius 3 is 2.55 bits per heavy atom. The fourth-order valence-electron chi connectivity index (χ4n) is 4.76. The average Bonchev–Trinajstić information content (AvgIpc) is 2.37. The zero-order valence-electron chi connectivity index (χ0n) is 14.3. The van der Waals surface area contributed by atoms with Crippen LogP contribution in [0, 0.1) is 17.3 Å². The fourth-order valence-corrected chi connectivity index (χ4v) is 4.76. The van der Waals surface area contributed by atoms with Gasteiger partial charge in [-0.05, 0) is 55.9 Å². The van der Waals surface area contributed by atoms with Crippen LogP contribution in [-0.2, 0) is 0 Å². The second kappa shape index (κ2) is 6.36. The molecule has 1 saturated heterocycles. The molecule has 2 N–H and O–H groups in total. The summed E-state index contributed by atoms with van der Waals surface area (Å²) in [5, 5.41) is 0. The Morgan fingerprint density at radius 2 is 1.95 bits per heavy atom. The molecule has 1 heterocycles. The summed E-state index contributed by atoms with van der Waals surface area (Å²) in [4.78, 5) is 2.78. The largest absolute Gasteiger partial charge is 0.329 e. The van der Waals surface area contributed by atoms with Crippen molar-refractivity contribution in [3.05, 3.63) is 0 Å². The van der Waals surface area contributed by atoms with Gasteiger partial charge in [0.1, 0.15) is 0 Å². The Bertz CT molecular complexity index is 311. The van der Waals surface area contributed by atoms with Crippen LogP contribution < -0.4 is 5.73 Å². The summed E-state index contributed by atoms with van der Waals surface area (Å²) in [6.45, 7) is 13.0. The van der Waals surface area contributed by atoms with Gasteiger partial charge in [0.05, 0.1) is 0 Å². The van der Waals surface area contributed by atoms with Crippen LogP contribution in [-0.4, -0.2) is 30.1 Å². The van der Waals surface area contributed by atoms with Gasteiger partial charge in [-0.25, -0.2) is 0 Å². The number of nitrogens with zero attached hydrogens (tertiary/aromatic N) is 1. The van der Waals surface area contributed by atoms with Crippen molar-refractivity contribution >= 4 is 0 Å². The lowest BCUT2D eigenvalue weighted by Crippen LogP contribution is -2.60. The molecule has 2 fully saturated rings. The Balaban J connectivity index is 2.07. The van der Waals surface area contributed by atoms with Crippen LogP contribution in [0.25, 0.3) is 0 Å². The summed E-state index contributed by atoms with van der Waals surface area (Å²) in [5.74, 6) is 1.73. The monoisotopic (exact) mass is 280 g/mol. The molecule has 20 heavy (non-hydrogen) atoms. The lowest BCUT2D eigenvalue weighted by Gasteiger charge is -2.53. The number of likely N-dealkylation sites (tertiary alicyclic amines) is 1. The molecule has 2 unspecified atom stereocenters. The van der Waals surface area contributed by atoms with Crippen LogP contribution >= 0.6 is 0 Å². The first-order chi connectivity index (χ1) is 9.37. The maximum atomic E-state index is 6.31. The second-order valence-electron chi connectivity index (χ2n) is 8.71. The minimum Gasteiger partial charge on any atom is -0.329 e. The highest BCUT2D eigenvalue weighted by Gasteiger charge is 2.43. The van der Waals surface area contributed by atoms with Crippen molar-refractivity contribution in [3.63, 3.8) is 0 Å².